The van der Waals surface area contributed by atoms with Crippen LogP contribution in [0, 0.1) is 0 Å². The van der Waals surface area contributed by atoms with E-state index < -0.39 is 0 Å². The minimum Gasteiger partial charge on any atom is -0.182 e. The Bertz CT molecular complexity index is 1010. The van der Waals surface area contributed by atoms with Crippen LogP contribution in [0.1, 0.15) is 0 Å². The second-order valence-electron chi connectivity index (χ2n) is 4.76. The van der Waals surface area contributed by atoms with Crippen LogP contribution in [0.3, 0.4) is 0 Å². The van der Waals surface area contributed by atoms with E-state index in [9.17, 15) is 0 Å². The Hall–Kier alpha value is -1.47. The van der Waals surface area contributed by atoms with Crippen molar-refractivity contribution in [2.24, 2.45) is 0 Å². The van der Waals surface area contributed by atoms with Gasteiger partial charge in [-0.2, -0.15) is 9.61 Å². The zero-order valence-electron chi connectivity index (χ0n) is 11.4. The summed E-state index contributed by atoms with van der Waals surface area (Å²) in [4.78, 5) is 0.712. The minimum atomic E-state index is 0.519. The van der Waals surface area contributed by atoms with Crippen LogP contribution >= 0.6 is 50.5 Å². The molecule has 8 heteroatoms. The van der Waals surface area contributed by atoms with Crippen LogP contribution in [0.5, 0.6) is 0 Å². The summed E-state index contributed by atoms with van der Waals surface area (Å²) in [6, 6.07) is 13.2. The van der Waals surface area contributed by atoms with Gasteiger partial charge in [0, 0.05) is 20.6 Å². The summed E-state index contributed by atoms with van der Waals surface area (Å²) >= 11 is 17.1. The highest BCUT2D eigenvalue weighted by Gasteiger charge is 2.16. The van der Waals surface area contributed by atoms with Crippen molar-refractivity contribution in [3.63, 3.8) is 0 Å². The quantitative estimate of drug-likeness (QED) is 0.420. The molecule has 0 aliphatic heterocycles. The molecule has 0 amide bonds. The first-order chi connectivity index (χ1) is 11.1. The summed E-state index contributed by atoms with van der Waals surface area (Å²) in [5, 5.41) is 15.0. The fourth-order valence-corrected chi connectivity index (χ4v) is 3.77. The van der Waals surface area contributed by atoms with Gasteiger partial charge < -0.3 is 0 Å². The number of halogens is 3. The minimum absolute atomic E-state index is 0.519. The van der Waals surface area contributed by atoms with Gasteiger partial charge in [-0.05, 0) is 30.3 Å². The maximum Gasteiger partial charge on any atom is 0.235 e. The third-order valence-corrected chi connectivity index (χ3v) is 5.28. The average molecular weight is 426 g/mol. The summed E-state index contributed by atoms with van der Waals surface area (Å²) < 4.78 is 2.73. The van der Waals surface area contributed by atoms with Crippen molar-refractivity contribution in [2.75, 3.05) is 0 Å². The summed E-state index contributed by atoms with van der Waals surface area (Å²) in [6.07, 6.45) is 0. The van der Waals surface area contributed by atoms with Crippen molar-refractivity contribution >= 4 is 55.4 Å². The van der Waals surface area contributed by atoms with E-state index in [-0.39, 0.29) is 0 Å². The standard InChI is InChI=1S/C15H7BrCl2N4S/c16-9-3-1-8(2-4-9)14-21-22-13(19-20-15(22)23-14)11-6-5-10(17)7-12(11)18/h1-7H. The molecule has 2 aromatic heterocycles. The van der Waals surface area contributed by atoms with Gasteiger partial charge >= 0.3 is 0 Å². The Morgan fingerprint density at radius 1 is 1.00 bits per heavy atom. The van der Waals surface area contributed by atoms with Gasteiger partial charge in [-0.25, -0.2) is 0 Å². The third-order valence-electron chi connectivity index (χ3n) is 3.25. The molecule has 0 saturated heterocycles. The zero-order chi connectivity index (χ0) is 16.0. The van der Waals surface area contributed by atoms with Crippen LogP contribution < -0.4 is 0 Å². The lowest BCUT2D eigenvalue weighted by molar-refractivity contribution is 0.971. The van der Waals surface area contributed by atoms with Crippen LogP contribution in [0.2, 0.25) is 10.0 Å². The molecule has 0 atom stereocenters. The molecule has 0 unspecified atom stereocenters. The predicted octanol–water partition coefficient (Wildman–Crippen LogP) is 5.59. The molecule has 0 fully saturated rings. The fraction of sp³-hybridized carbons (Fsp3) is 0. The lowest BCUT2D eigenvalue weighted by Crippen LogP contribution is -1.91. The van der Waals surface area contributed by atoms with Gasteiger partial charge in [-0.1, -0.05) is 62.6 Å². The van der Waals surface area contributed by atoms with E-state index in [0.717, 1.165) is 20.6 Å². The molecule has 0 aliphatic carbocycles. The Labute approximate surface area is 153 Å². The van der Waals surface area contributed by atoms with E-state index in [1.54, 1.807) is 16.6 Å². The van der Waals surface area contributed by atoms with E-state index in [2.05, 4.69) is 31.2 Å². The van der Waals surface area contributed by atoms with Crippen molar-refractivity contribution in [1.82, 2.24) is 19.8 Å². The lowest BCUT2D eigenvalue weighted by atomic mass is 10.2. The predicted molar refractivity (Wildman–Crippen MR) is 97.3 cm³/mol. The first kappa shape index (κ1) is 15.1. The largest absolute Gasteiger partial charge is 0.235 e. The summed E-state index contributed by atoms with van der Waals surface area (Å²) in [5.41, 5.74) is 1.77. The highest BCUT2D eigenvalue weighted by Crippen LogP contribution is 2.32. The molecular formula is C15H7BrCl2N4S. The van der Waals surface area contributed by atoms with E-state index in [1.807, 2.05) is 30.3 Å². The molecule has 2 aromatic carbocycles. The molecule has 114 valence electrons. The topological polar surface area (TPSA) is 43.1 Å². The normalized spacial score (nSPS) is 11.3. The van der Waals surface area contributed by atoms with Crippen LogP contribution in [-0.4, -0.2) is 19.8 Å². The molecule has 4 aromatic rings. The summed E-state index contributed by atoms with van der Waals surface area (Å²) in [7, 11) is 0. The van der Waals surface area contributed by atoms with E-state index in [0.29, 0.717) is 20.8 Å². The highest BCUT2D eigenvalue weighted by molar-refractivity contribution is 9.10. The van der Waals surface area contributed by atoms with Crippen molar-refractivity contribution in [3.8, 4) is 22.0 Å². The number of nitrogens with zero attached hydrogens (tertiary/aromatic N) is 4. The first-order valence-corrected chi connectivity index (χ1v) is 8.92. The molecular weight excluding hydrogens is 419 g/mol. The first-order valence-electron chi connectivity index (χ1n) is 6.55. The van der Waals surface area contributed by atoms with Gasteiger partial charge in [0.25, 0.3) is 0 Å². The van der Waals surface area contributed by atoms with Gasteiger partial charge in [0.1, 0.15) is 5.01 Å². The summed E-state index contributed by atoms with van der Waals surface area (Å²) in [5.74, 6) is 0.598. The van der Waals surface area contributed by atoms with Gasteiger partial charge in [0.05, 0.1) is 5.02 Å². The highest BCUT2D eigenvalue weighted by atomic mass is 79.9. The molecule has 0 N–H and O–H groups in total. The van der Waals surface area contributed by atoms with E-state index >= 15 is 0 Å². The molecule has 0 spiro atoms. The monoisotopic (exact) mass is 424 g/mol. The van der Waals surface area contributed by atoms with Gasteiger partial charge in [0.15, 0.2) is 5.82 Å². The Balaban J connectivity index is 1.85. The number of hydrogen-bond acceptors (Lipinski definition) is 4. The summed E-state index contributed by atoms with van der Waals surface area (Å²) in [6.45, 7) is 0. The Kier molecular flexibility index (Phi) is 3.85. The molecule has 23 heavy (non-hydrogen) atoms. The third kappa shape index (κ3) is 2.76. The van der Waals surface area contributed by atoms with Crippen molar-refractivity contribution in [1.29, 1.82) is 0 Å². The van der Waals surface area contributed by atoms with Crippen molar-refractivity contribution in [3.05, 3.63) is 57.0 Å². The zero-order valence-corrected chi connectivity index (χ0v) is 15.3. The number of hydrogen-bond donors (Lipinski definition) is 0. The van der Waals surface area contributed by atoms with Crippen LogP contribution in [0.15, 0.2) is 46.9 Å². The van der Waals surface area contributed by atoms with Crippen molar-refractivity contribution in [2.45, 2.75) is 0 Å². The maximum absolute atomic E-state index is 6.27. The van der Waals surface area contributed by atoms with E-state index in [4.69, 9.17) is 23.2 Å². The maximum atomic E-state index is 6.27. The van der Waals surface area contributed by atoms with E-state index in [1.165, 1.54) is 11.3 Å². The second-order valence-corrected chi connectivity index (χ2v) is 7.47. The molecule has 0 bridgehead atoms. The molecule has 4 rings (SSSR count). The average Bonchev–Trinajstić information content (AvgIpc) is 3.09. The molecule has 2 heterocycles. The second kappa shape index (κ2) is 5.87. The Morgan fingerprint density at radius 3 is 2.52 bits per heavy atom. The van der Waals surface area contributed by atoms with Crippen LogP contribution in [-0.2, 0) is 0 Å². The van der Waals surface area contributed by atoms with Gasteiger partial charge in [-0.3, -0.25) is 0 Å². The van der Waals surface area contributed by atoms with Crippen LogP contribution in [0.25, 0.3) is 26.9 Å². The lowest BCUT2D eigenvalue weighted by Gasteiger charge is -2.01. The number of aromatic nitrogens is 4. The molecule has 0 aliphatic rings. The number of rotatable bonds is 2. The SMILES string of the molecule is Clc1ccc(-c2nnc3sc(-c4ccc(Br)cc4)nn23)c(Cl)c1. The van der Waals surface area contributed by atoms with Crippen molar-refractivity contribution < 1.29 is 0 Å². The van der Waals surface area contributed by atoms with Gasteiger partial charge in [0.2, 0.25) is 4.96 Å². The Morgan fingerprint density at radius 2 is 1.78 bits per heavy atom. The van der Waals surface area contributed by atoms with Gasteiger partial charge in [-0.15, -0.1) is 10.2 Å². The molecule has 0 saturated carbocycles. The molecule has 4 nitrogen and oxygen atoms in total. The number of fused-ring (bicyclic) bond motifs is 1. The number of benzene rings is 2. The fourth-order valence-electron chi connectivity index (χ4n) is 2.16. The van der Waals surface area contributed by atoms with Crippen LogP contribution in [0.4, 0.5) is 0 Å². The smallest absolute Gasteiger partial charge is 0.182 e. The molecule has 0 radical (unpaired) electrons.